The van der Waals surface area contributed by atoms with Gasteiger partial charge in [0.25, 0.3) is 5.69 Å². The Bertz CT molecular complexity index is 602. The van der Waals surface area contributed by atoms with E-state index in [2.05, 4.69) is 10.6 Å². The van der Waals surface area contributed by atoms with Crippen molar-refractivity contribution >= 4 is 29.3 Å². The molecule has 0 radical (unpaired) electrons. The number of amides is 2. The number of nitrogens with one attached hydrogen (secondary N) is 2. The number of nitro benzene ring substituents is 1. The van der Waals surface area contributed by atoms with Gasteiger partial charge in [0, 0.05) is 24.2 Å². The van der Waals surface area contributed by atoms with Gasteiger partial charge < -0.3 is 16.4 Å². The van der Waals surface area contributed by atoms with E-state index < -0.39 is 10.8 Å². The van der Waals surface area contributed by atoms with Gasteiger partial charge in [-0.15, -0.1) is 11.8 Å². The summed E-state index contributed by atoms with van der Waals surface area (Å²) < 4.78 is 0. The summed E-state index contributed by atoms with van der Waals surface area (Å²) in [5, 5.41) is 17.1. The number of carbonyl (C=O) groups excluding carboxylic acids is 2. The largest absolute Gasteiger partial charge is 0.366 e. The zero-order valence-corrected chi connectivity index (χ0v) is 12.5. The number of nitro groups is 1. The van der Waals surface area contributed by atoms with E-state index in [1.165, 1.54) is 12.1 Å². The standard InChI is InChI=1S/C13H16N4O4S/c14-13(19)8-1-2-11(10(5-8)17(20)21)22-7-12(18)16-9-3-4-15-6-9/h1-2,5,9,15H,3-4,6-7H2,(H2,14,19)(H,16,18). The smallest absolute Gasteiger partial charge is 0.283 e. The van der Waals surface area contributed by atoms with Gasteiger partial charge in [-0.05, 0) is 25.1 Å². The SMILES string of the molecule is NC(=O)c1ccc(SCC(=O)NC2CCNC2)c([N+](=O)[O-])c1. The van der Waals surface area contributed by atoms with Gasteiger partial charge >= 0.3 is 0 Å². The molecular formula is C13H16N4O4S. The molecule has 0 aliphatic carbocycles. The third-order valence-electron chi connectivity index (χ3n) is 3.22. The molecule has 1 aromatic rings. The van der Waals surface area contributed by atoms with Crippen LogP contribution in [0.2, 0.25) is 0 Å². The van der Waals surface area contributed by atoms with Crippen molar-refractivity contribution < 1.29 is 14.5 Å². The van der Waals surface area contributed by atoms with Crippen molar-refractivity contribution in [2.75, 3.05) is 18.8 Å². The summed E-state index contributed by atoms with van der Waals surface area (Å²) in [6, 6.07) is 4.09. The molecule has 1 aromatic carbocycles. The van der Waals surface area contributed by atoms with E-state index in [9.17, 15) is 19.7 Å². The molecule has 2 amide bonds. The molecule has 1 unspecified atom stereocenters. The summed E-state index contributed by atoms with van der Waals surface area (Å²) in [5.74, 6) is -0.828. The third-order valence-corrected chi connectivity index (χ3v) is 4.29. The van der Waals surface area contributed by atoms with Gasteiger partial charge in [-0.25, -0.2) is 0 Å². The van der Waals surface area contributed by atoms with E-state index >= 15 is 0 Å². The minimum atomic E-state index is -0.730. The van der Waals surface area contributed by atoms with Crippen molar-refractivity contribution in [1.29, 1.82) is 0 Å². The molecule has 1 aliphatic heterocycles. The molecule has 4 N–H and O–H groups in total. The van der Waals surface area contributed by atoms with E-state index in [1.807, 2.05) is 0 Å². The fourth-order valence-electron chi connectivity index (χ4n) is 2.13. The van der Waals surface area contributed by atoms with Crippen LogP contribution in [0.3, 0.4) is 0 Å². The van der Waals surface area contributed by atoms with Crippen LogP contribution in [0, 0.1) is 10.1 Å². The number of nitrogens with zero attached hydrogens (tertiary/aromatic N) is 1. The number of hydrogen-bond acceptors (Lipinski definition) is 6. The first kappa shape index (κ1) is 16.2. The van der Waals surface area contributed by atoms with Crippen LogP contribution < -0.4 is 16.4 Å². The quantitative estimate of drug-likeness (QED) is 0.391. The maximum Gasteiger partial charge on any atom is 0.283 e. The predicted octanol–water partition coefficient (Wildman–Crippen LogP) is 0.264. The fraction of sp³-hybridized carbons (Fsp3) is 0.385. The van der Waals surface area contributed by atoms with Crippen LogP contribution in [-0.4, -0.2) is 41.6 Å². The molecular weight excluding hydrogens is 308 g/mol. The van der Waals surface area contributed by atoms with Crippen molar-refractivity contribution in [1.82, 2.24) is 10.6 Å². The number of primary amides is 1. The first-order chi connectivity index (χ1) is 10.5. The van der Waals surface area contributed by atoms with E-state index in [0.29, 0.717) is 4.90 Å². The highest BCUT2D eigenvalue weighted by Gasteiger charge is 2.20. The zero-order chi connectivity index (χ0) is 16.1. The molecule has 1 fully saturated rings. The highest BCUT2D eigenvalue weighted by atomic mass is 32.2. The van der Waals surface area contributed by atoms with Crippen LogP contribution in [-0.2, 0) is 4.79 Å². The van der Waals surface area contributed by atoms with Gasteiger partial charge in [0.15, 0.2) is 0 Å². The number of nitrogens with two attached hydrogens (primary N) is 1. The van der Waals surface area contributed by atoms with Crippen molar-refractivity contribution in [3.05, 3.63) is 33.9 Å². The summed E-state index contributed by atoms with van der Waals surface area (Å²) in [6.45, 7) is 1.61. The van der Waals surface area contributed by atoms with Crippen molar-refractivity contribution in [2.45, 2.75) is 17.4 Å². The van der Waals surface area contributed by atoms with E-state index in [0.717, 1.165) is 37.3 Å². The highest BCUT2D eigenvalue weighted by molar-refractivity contribution is 8.00. The highest BCUT2D eigenvalue weighted by Crippen LogP contribution is 2.29. The van der Waals surface area contributed by atoms with Gasteiger partial charge in [-0.3, -0.25) is 19.7 Å². The number of rotatable bonds is 6. The molecule has 0 aromatic heterocycles. The topological polar surface area (TPSA) is 127 Å². The van der Waals surface area contributed by atoms with Crippen molar-refractivity contribution in [2.24, 2.45) is 5.73 Å². The second-order valence-corrected chi connectivity index (χ2v) is 5.87. The average molecular weight is 324 g/mol. The molecule has 0 spiro atoms. The Kier molecular flexibility index (Phi) is 5.34. The molecule has 1 saturated heterocycles. The lowest BCUT2D eigenvalue weighted by Crippen LogP contribution is -2.37. The number of hydrogen-bond donors (Lipinski definition) is 3. The van der Waals surface area contributed by atoms with Crippen LogP contribution in [0.1, 0.15) is 16.8 Å². The number of thioether (sulfide) groups is 1. The Balaban J connectivity index is 2.00. The third kappa shape index (κ3) is 4.18. The maximum atomic E-state index is 11.8. The molecule has 8 nitrogen and oxygen atoms in total. The number of benzene rings is 1. The Hall–Kier alpha value is -2.13. The minimum Gasteiger partial charge on any atom is -0.366 e. The minimum absolute atomic E-state index is 0.0672. The lowest BCUT2D eigenvalue weighted by atomic mass is 10.2. The van der Waals surface area contributed by atoms with Crippen LogP contribution in [0.25, 0.3) is 0 Å². The Morgan fingerprint density at radius 2 is 2.27 bits per heavy atom. The second kappa shape index (κ2) is 7.23. The van der Waals surface area contributed by atoms with Gasteiger partial charge in [-0.2, -0.15) is 0 Å². The molecule has 1 heterocycles. The summed E-state index contributed by atoms with van der Waals surface area (Å²) in [4.78, 5) is 33.7. The molecule has 22 heavy (non-hydrogen) atoms. The fourth-order valence-corrected chi connectivity index (χ4v) is 2.94. The predicted molar refractivity (Wildman–Crippen MR) is 81.8 cm³/mol. The van der Waals surface area contributed by atoms with Gasteiger partial charge in [0.2, 0.25) is 11.8 Å². The monoisotopic (exact) mass is 324 g/mol. The molecule has 118 valence electrons. The normalized spacial score (nSPS) is 17.2. The van der Waals surface area contributed by atoms with Crippen LogP contribution in [0.4, 0.5) is 5.69 Å². The Labute approximate surface area is 131 Å². The van der Waals surface area contributed by atoms with Crippen LogP contribution >= 0.6 is 11.8 Å². The molecule has 0 bridgehead atoms. The molecule has 9 heteroatoms. The van der Waals surface area contributed by atoms with Gasteiger partial charge in [-0.1, -0.05) is 0 Å². The zero-order valence-electron chi connectivity index (χ0n) is 11.7. The molecule has 0 saturated carbocycles. The lowest BCUT2D eigenvalue weighted by molar-refractivity contribution is -0.387. The van der Waals surface area contributed by atoms with E-state index in [4.69, 9.17) is 5.73 Å². The first-order valence-corrected chi connectivity index (χ1v) is 7.67. The number of carbonyl (C=O) groups is 2. The van der Waals surface area contributed by atoms with Crippen LogP contribution in [0.15, 0.2) is 23.1 Å². The summed E-state index contributed by atoms with van der Waals surface area (Å²) >= 11 is 1.06. The summed E-state index contributed by atoms with van der Waals surface area (Å²) in [6.07, 6.45) is 0.879. The summed E-state index contributed by atoms with van der Waals surface area (Å²) in [5.41, 5.74) is 4.95. The molecule has 1 atom stereocenters. The van der Waals surface area contributed by atoms with E-state index in [-0.39, 0.29) is 29.0 Å². The van der Waals surface area contributed by atoms with E-state index in [1.54, 1.807) is 0 Å². The maximum absolute atomic E-state index is 11.8. The summed E-state index contributed by atoms with van der Waals surface area (Å²) in [7, 11) is 0. The second-order valence-electron chi connectivity index (χ2n) is 4.85. The van der Waals surface area contributed by atoms with Gasteiger partial charge in [0.05, 0.1) is 15.6 Å². The van der Waals surface area contributed by atoms with Crippen LogP contribution in [0.5, 0.6) is 0 Å². The average Bonchev–Trinajstić information content (AvgIpc) is 2.97. The molecule has 2 rings (SSSR count). The Morgan fingerprint density at radius 3 is 2.86 bits per heavy atom. The lowest BCUT2D eigenvalue weighted by Gasteiger charge is -2.11. The van der Waals surface area contributed by atoms with Crippen molar-refractivity contribution in [3.8, 4) is 0 Å². The van der Waals surface area contributed by atoms with Gasteiger partial charge in [0.1, 0.15) is 0 Å². The molecule has 1 aliphatic rings. The first-order valence-electron chi connectivity index (χ1n) is 6.68. The van der Waals surface area contributed by atoms with Crippen molar-refractivity contribution in [3.63, 3.8) is 0 Å². The Morgan fingerprint density at radius 1 is 1.50 bits per heavy atom.